The molecule has 10 nitrogen and oxygen atoms in total. The number of carbonyl (C=O) groups excluding carboxylic acids is 2. The van der Waals surface area contributed by atoms with Crippen molar-refractivity contribution < 1.29 is 19.2 Å². The standard InChI is InChI=1S/C22H20N4O6S/c1-3-32-22(29)18-14(13-8-9-13)11-33-21(18)23-20(28)19-17(27)10-12(2)25(24-19)15-6-4-5-7-16(15)26(30)31/h4-7,10-11,13H,3,8-9H2,1-2H3,(H,23,28). The van der Waals surface area contributed by atoms with Crippen LogP contribution < -0.4 is 10.7 Å². The molecule has 0 aliphatic heterocycles. The Kier molecular flexibility index (Phi) is 6.05. The van der Waals surface area contributed by atoms with E-state index in [0.717, 1.165) is 18.4 Å². The summed E-state index contributed by atoms with van der Waals surface area (Å²) in [6.45, 7) is 3.44. The highest BCUT2D eigenvalue weighted by Crippen LogP contribution is 2.46. The quantitative estimate of drug-likeness (QED) is 0.316. The molecular formula is C22H20N4O6S. The number of nitro benzene ring substituents is 1. The summed E-state index contributed by atoms with van der Waals surface area (Å²) in [7, 11) is 0. The maximum absolute atomic E-state index is 13.0. The summed E-state index contributed by atoms with van der Waals surface area (Å²) in [5.74, 6) is -1.10. The zero-order chi connectivity index (χ0) is 23.7. The lowest BCUT2D eigenvalue weighted by Gasteiger charge is -2.12. The highest BCUT2D eigenvalue weighted by atomic mass is 32.1. The topological polar surface area (TPSA) is 133 Å². The molecule has 2 heterocycles. The van der Waals surface area contributed by atoms with Crippen LogP contribution in [-0.2, 0) is 4.74 Å². The van der Waals surface area contributed by atoms with Gasteiger partial charge in [-0.2, -0.15) is 5.10 Å². The van der Waals surface area contributed by atoms with E-state index in [4.69, 9.17) is 4.74 Å². The average Bonchev–Trinajstić information content (AvgIpc) is 3.54. The molecule has 0 bridgehead atoms. The van der Waals surface area contributed by atoms with Gasteiger partial charge in [-0.25, -0.2) is 9.48 Å². The number of hydrogen-bond acceptors (Lipinski definition) is 8. The summed E-state index contributed by atoms with van der Waals surface area (Å²) < 4.78 is 6.34. The summed E-state index contributed by atoms with van der Waals surface area (Å²) >= 11 is 1.18. The van der Waals surface area contributed by atoms with Gasteiger partial charge in [0.25, 0.3) is 11.6 Å². The Morgan fingerprint density at radius 2 is 2.06 bits per heavy atom. The Morgan fingerprint density at radius 3 is 2.73 bits per heavy atom. The van der Waals surface area contributed by atoms with Crippen LogP contribution in [0.5, 0.6) is 0 Å². The number of benzene rings is 1. The number of carbonyl (C=O) groups is 2. The first-order chi connectivity index (χ1) is 15.8. The van der Waals surface area contributed by atoms with Gasteiger partial charge in [0.05, 0.1) is 17.1 Å². The van der Waals surface area contributed by atoms with E-state index in [1.54, 1.807) is 19.9 Å². The molecule has 1 N–H and O–H groups in total. The number of rotatable bonds is 7. The van der Waals surface area contributed by atoms with Gasteiger partial charge in [0.2, 0.25) is 5.43 Å². The van der Waals surface area contributed by atoms with Crippen LogP contribution >= 0.6 is 11.3 Å². The van der Waals surface area contributed by atoms with Crippen molar-refractivity contribution in [1.82, 2.24) is 9.78 Å². The SMILES string of the molecule is CCOC(=O)c1c(C2CC2)csc1NC(=O)c1nn(-c2ccccc2[N+](=O)[O-])c(C)cc1=O. The molecule has 33 heavy (non-hydrogen) atoms. The van der Waals surface area contributed by atoms with Crippen LogP contribution in [0.3, 0.4) is 0 Å². The van der Waals surface area contributed by atoms with Gasteiger partial charge in [-0.15, -0.1) is 11.3 Å². The second-order valence-corrected chi connectivity index (χ2v) is 8.38. The Labute approximate surface area is 192 Å². The minimum absolute atomic E-state index is 0.119. The van der Waals surface area contributed by atoms with Crippen LogP contribution in [0, 0.1) is 17.0 Å². The number of amides is 1. The predicted molar refractivity (Wildman–Crippen MR) is 121 cm³/mol. The number of anilines is 1. The second kappa shape index (κ2) is 8.94. The van der Waals surface area contributed by atoms with Gasteiger partial charge in [0.1, 0.15) is 10.7 Å². The summed E-state index contributed by atoms with van der Waals surface area (Å²) in [5, 5.41) is 20.3. The fourth-order valence-corrected chi connectivity index (χ4v) is 4.51. The summed E-state index contributed by atoms with van der Waals surface area (Å²) in [5.41, 5.74) is 0.247. The lowest BCUT2D eigenvalue weighted by Crippen LogP contribution is -2.27. The van der Waals surface area contributed by atoms with Crippen molar-refractivity contribution in [3.05, 3.63) is 78.6 Å². The molecule has 170 valence electrons. The average molecular weight is 468 g/mol. The number of nitrogens with zero attached hydrogens (tertiary/aromatic N) is 3. The molecule has 1 aromatic carbocycles. The largest absolute Gasteiger partial charge is 0.462 e. The van der Waals surface area contributed by atoms with Crippen molar-refractivity contribution in [2.45, 2.75) is 32.6 Å². The first-order valence-electron chi connectivity index (χ1n) is 10.3. The minimum Gasteiger partial charge on any atom is -0.462 e. The molecule has 1 aliphatic carbocycles. The molecule has 11 heteroatoms. The Bertz CT molecular complexity index is 1320. The first kappa shape index (κ1) is 22.3. The molecule has 3 aromatic rings. The zero-order valence-corrected chi connectivity index (χ0v) is 18.7. The van der Waals surface area contributed by atoms with E-state index in [1.807, 2.05) is 5.38 Å². The van der Waals surface area contributed by atoms with Gasteiger partial charge in [-0.05, 0) is 49.6 Å². The maximum Gasteiger partial charge on any atom is 0.341 e. The summed E-state index contributed by atoms with van der Waals surface area (Å²) in [6, 6.07) is 7.08. The third kappa shape index (κ3) is 4.40. The Balaban J connectivity index is 1.72. The van der Waals surface area contributed by atoms with E-state index in [9.17, 15) is 24.5 Å². The molecular weight excluding hydrogens is 448 g/mol. The van der Waals surface area contributed by atoms with Gasteiger partial charge in [-0.1, -0.05) is 12.1 Å². The third-order valence-corrected chi connectivity index (χ3v) is 6.09. The van der Waals surface area contributed by atoms with Crippen molar-refractivity contribution in [3.63, 3.8) is 0 Å². The molecule has 0 unspecified atom stereocenters. The molecule has 2 aromatic heterocycles. The van der Waals surface area contributed by atoms with Gasteiger partial charge < -0.3 is 10.1 Å². The van der Waals surface area contributed by atoms with E-state index in [2.05, 4.69) is 10.4 Å². The number of para-hydroxylation sites is 2. The van der Waals surface area contributed by atoms with E-state index >= 15 is 0 Å². The van der Waals surface area contributed by atoms with Crippen LogP contribution in [0.2, 0.25) is 0 Å². The van der Waals surface area contributed by atoms with E-state index in [-0.39, 0.29) is 28.9 Å². The van der Waals surface area contributed by atoms with E-state index in [0.29, 0.717) is 11.3 Å². The number of nitrogens with one attached hydrogen (secondary N) is 1. The zero-order valence-electron chi connectivity index (χ0n) is 17.9. The highest BCUT2D eigenvalue weighted by molar-refractivity contribution is 7.15. The van der Waals surface area contributed by atoms with Crippen molar-refractivity contribution in [3.8, 4) is 5.69 Å². The number of hydrogen-bond donors (Lipinski definition) is 1. The molecule has 0 spiro atoms. The molecule has 1 amide bonds. The predicted octanol–water partition coefficient (Wildman–Crippen LogP) is 3.82. The number of esters is 1. The number of thiophene rings is 1. The van der Waals surface area contributed by atoms with Gasteiger partial charge in [0.15, 0.2) is 5.69 Å². The lowest BCUT2D eigenvalue weighted by atomic mass is 10.1. The van der Waals surface area contributed by atoms with E-state index in [1.165, 1.54) is 40.3 Å². The third-order valence-electron chi connectivity index (χ3n) is 5.17. The summed E-state index contributed by atoms with van der Waals surface area (Å²) in [6.07, 6.45) is 1.91. The van der Waals surface area contributed by atoms with Crippen molar-refractivity contribution in [2.24, 2.45) is 0 Å². The van der Waals surface area contributed by atoms with Crippen LogP contribution in [0.1, 0.15) is 57.8 Å². The molecule has 0 radical (unpaired) electrons. The fraction of sp³-hybridized carbons (Fsp3) is 0.273. The molecule has 0 atom stereocenters. The maximum atomic E-state index is 13.0. The van der Waals surface area contributed by atoms with Crippen molar-refractivity contribution >= 4 is 33.9 Å². The number of ether oxygens (including phenoxy) is 1. The molecule has 4 rings (SSSR count). The Morgan fingerprint density at radius 1 is 1.33 bits per heavy atom. The van der Waals surface area contributed by atoms with Gasteiger partial charge >= 0.3 is 5.97 Å². The second-order valence-electron chi connectivity index (χ2n) is 7.50. The van der Waals surface area contributed by atoms with Crippen LogP contribution in [0.25, 0.3) is 5.69 Å². The monoisotopic (exact) mass is 468 g/mol. The number of nitro groups is 1. The smallest absolute Gasteiger partial charge is 0.341 e. The van der Waals surface area contributed by atoms with Gasteiger partial charge in [0, 0.05) is 17.8 Å². The fourth-order valence-electron chi connectivity index (χ4n) is 3.48. The lowest BCUT2D eigenvalue weighted by molar-refractivity contribution is -0.384. The van der Waals surface area contributed by atoms with E-state index < -0.39 is 27.9 Å². The number of aryl methyl sites for hydroxylation is 1. The first-order valence-corrected chi connectivity index (χ1v) is 11.1. The highest BCUT2D eigenvalue weighted by Gasteiger charge is 2.33. The van der Waals surface area contributed by atoms with Crippen LogP contribution in [-0.4, -0.2) is 33.2 Å². The van der Waals surface area contributed by atoms with Crippen LogP contribution in [0.15, 0.2) is 40.5 Å². The molecule has 1 fully saturated rings. The molecule has 0 saturated heterocycles. The normalized spacial score (nSPS) is 12.9. The molecule has 1 saturated carbocycles. The minimum atomic E-state index is -0.818. The van der Waals surface area contributed by atoms with Crippen molar-refractivity contribution in [1.29, 1.82) is 0 Å². The van der Waals surface area contributed by atoms with Crippen LogP contribution in [0.4, 0.5) is 10.7 Å². The number of aromatic nitrogens is 2. The Hall–Kier alpha value is -3.86. The summed E-state index contributed by atoms with van der Waals surface area (Å²) in [4.78, 5) is 49.0. The van der Waals surface area contributed by atoms with Gasteiger partial charge in [-0.3, -0.25) is 19.7 Å². The van der Waals surface area contributed by atoms with Crippen molar-refractivity contribution in [2.75, 3.05) is 11.9 Å². The molecule has 1 aliphatic rings.